The van der Waals surface area contributed by atoms with Gasteiger partial charge in [-0.1, -0.05) is 50.1 Å². The van der Waals surface area contributed by atoms with Crippen LogP contribution in [0.1, 0.15) is 44.6 Å². The van der Waals surface area contributed by atoms with Crippen LogP contribution < -0.4 is 9.47 Å². The zero-order valence-electron chi connectivity index (χ0n) is 19.9. The highest BCUT2D eigenvalue weighted by atomic mass is 16.5. The van der Waals surface area contributed by atoms with E-state index in [1.165, 1.54) is 12.8 Å². The van der Waals surface area contributed by atoms with Gasteiger partial charge in [-0.3, -0.25) is 4.90 Å². The molecule has 0 saturated heterocycles. The number of benzene rings is 2. The van der Waals surface area contributed by atoms with Crippen molar-refractivity contribution in [3.05, 3.63) is 60.2 Å². The van der Waals surface area contributed by atoms with Crippen LogP contribution in [0.2, 0.25) is 0 Å². The van der Waals surface area contributed by atoms with Gasteiger partial charge in [-0.05, 0) is 43.5 Å². The van der Waals surface area contributed by atoms with E-state index in [0.29, 0.717) is 19.1 Å². The van der Waals surface area contributed by atoms with Crippen molar-refractivity contribution in [1.29, 1.82) is 0 Å². The Bertz CT molecular complexity index is 1010. The highest BCUT2D eigenvalue weighted by Gasteiger charge is 2.32. The number of hydrogen-bond acceptors (Lipinski definition) is 5. The lowest BCUT2D eigenvalue weighted by Gasteiger charge is -2.25. The molecule has 6 heteroatoms. The first kappa shape index (κ1) is 23.3. The molecule has 1 fully saturated rings. The second kappa shape index (κ2) is 10.9. The molecule has 0 spiro atoms. The van der Waals surface area contributed by atoms with Gasteiger partial charge in [0.05, 0.1) is 18.8 Å². The predicted molar refractivity (Wildman–Crippen MR) is 131 cm³/mol. The molecule has 1 aromatic heterocycles. The largest absolute Gasteiger partial charge is 0.497 e. The van der Waals surface area contributed by atoms with Crippen molar-refractivity contribution >= 4 is 0 Å². The summed E-state index contributed by atoms with van der Waals surface area (Å²) in [5.41, 5.74) is 3.04. The van der Waals surface area contributed by atoms with E-state index in [0.717, 1.165) is 53.5 Å². The molecule has 0 radical (unpaired) electrons. The third-order valence-corrected chi connectivity index (χ3v) is 6.17. The van der Waals surface area contributed by atoms with Crippen molar-refractivity contribution in [2.24, 2.45) is 7.05 Å². The van der Waals surface area contributed by atoms with E-state index < -0.39 is 0 Å². The minimum absolute atomic E-state index is 0.312. The summed E-state index contributed by atoms with van der Waals surface area (Å²) in [6.07, 6.45) is 5.03. The van der Waals surface area contributed by atoms with Crippen molar-refractivity contribution < 1.29 is 14.6 Å². The second-order valence-electron chi connectivity index (χ2n) is 8.86. The van der Waals surface area contributed by atoms with Crippen molar-refractivity contribution in [3.8, 4) is 28.6 Å². The van der Waals surface area contributed by atoms with Crippen LogP contribution in [0.3, 0.4) is 0 Å². The minimum Gasteiger partial charge on any atom is -0.497 e. The molecule has 0 unspecified atom stereocenters. The first-order chi connectivity index (χ1) is 16.1. The normalized spacial score (nSPS) is 14.5. The van der Waals surface area contributed by atoms with Gasteiger partial charge in [0.2, 0.25) is 5.88 Å². The molecule has 1 saturated carbocycles. The van der Waals surface area contributed by atoms with Crippen LogP contribution in [0.25, 0.3) is 11.3 Å². The molecule has 1 aliphatic rings. The SMILES string of the molecule is CCCC[C@H](O)CN(Cc1c(-c2ccccc2)nn(C)c1Oc1ccc(OC)cc1)C1CC1. The van der Waals surface area contributed by atoms with Crippen LogP contribution in [0.4, 0.5) is 0 Å². The fourth-order valence-corrected chi connectivity index (χ4v) is 4.19. The van der Waals surface area contributed by atoms with Crippen LogP contribution in [-0.2, 0) is 13.6 Å². The average molecular weight is 450 g/mol. The Labute approximate surface area is 196 Å². The molecule has 176 valence electrons. The Morgan fingerprint density at radius 2 is 1.79 bits per heavy atom. The number of aliphatic hydroxyl groups excluding tert-OH is 1. The quantitative estimate of drug-likeness (QED) is 0.401. The summed E-state index contributed by atoms with van der Waals surface area (Å²) in [7, 11) is 3.58. The van der Waals surface area contributed by atoms with Crippen LogP contribution in [0.5, 0.6) is 17.4 Å². The molecule has 0 bridgehead atoms. The monoisotopic (exact) mass is 449 g/mol. The number of aliphatic hydroxyl groups is 1. The Kier molecular flexibility index (Phi) is 7.68. The maximum atomic E-state index is 10.6. The summed E-state index contributed by atoms with van der Waals surface area (Å²) in [6.45, 7) is 3.53. The van der Waals surface area contributed by atoms with Crippen LogP contribution in [0, 0.1) is 0 Å². The summed E-state index contributed by atoms with van der Waals surface area (Å²) < 4.78 is 13.5. The molecule has 2 aromatic carbocycles. The van der Waals surface area contributed by atoms with Gasteiger partial charge in [0.15, 0.2) is 0 Å². The molecule has 0 aliphatic heterocycles. The number of ether oxygens (including phenoxy) is 2. The molecule has 1 aliphatic carbocycles. The van der Waals surface area contributed by atoms with E-state index in [4.69, 9.17) is 14.6 Å². The third kappa shape index (κ3) is 5.95. The number of rotatable bonds is 12. The van der Waals surface area contributed by atoms with Crippen molar-refractivity contribution in [2.45, 2.75) is 57.7 Å². The highest BCUT2D eigenvalue weighted by Crippen LogP contribution is 2.37. The number of aryl methyl sites for hydroxylation is 1. The van der Waals surface area contributed by atoms with Crippen LogP contribution in [0.15, 0.2) is 54.6 Å². The first-order valence-electron chi connectivity index (χ1n) is 11.9. The molecule has 4 rings (SSSR count). The van der Waals surface area contributed by atoms with Crippen LogP contribution >= 0.6 is 0 Å². The van der Waals surface area contributed by atoms with Gasteiger partial charge in [-0.15, -0.1) is 0 Å². The lowest BCUT2D eigenvalue weighted by atomic mass is 10.1. The van der Waals surface area contributed by atoms with Gasteiger partial charge in [0.1, 0.15) is 17.2 Å². The molecule has 1 heterocycles. The molecule has 1 N–H and O–H groups in total. The fraction of sp³-hybridized carbons (Fsp3) is 0.444. The predicted octanol–water partition coefficient (Wildman–Crippen LogP) is 5.40. The summed E-state index contributed by atoms with van der Waals surface area (Å²) in [5, 5.41) is 15.5. The lowest BCUT2D eigenvalue weighted by Crippen LogP contribution is -2.34. The van der Waals surface area contributed by atoms with Gasteiger partial charge in [-0.25, -0.2) is 4.68 Å². The summed E-state index contributed by atoms with van der Waals surface area (Å²) in [6, 6.07) is 18.4. The van der Waals surface area contributed by atoms with Gasteiger partial charge in [0.25, 0.3) is 0 Å². The lowest BCUT2D eigenvalue weighted by molar-refractivity contribution is 0.0951. The number of hydrogen-bond donors (Lipinski definition) is 1. The molecule has 1 atom stereocenters. The van der Waals surface area contributed by atoms with E-state index in [1.54, 1.807) is 7.11 Å². The average Bonchev–Trinajstić information content (AvgIpc) is 3.65. The maximum Gasteiger partial charge on any atom is 0.222 e. The molecular weight excluding hydrogens is 414 g/mol. The Morgan fingerprint density at radius 1 is 1.09 bits per heavy atom. The summed E-state index contributed by atoms with van der Waals surface area (Å²) >= 11 is 0. The van der Waals surface area contributed by atoms with Crippen LogP contribution in [-0.4, -0.2) is 45.6 Å². The zero-order chi connectivity index (χ0) is 23.2. The molecule has 3 aromatic rings. The molecule has 0 amide bonds. The minimum atomic E-state index is -0.312. The van der Waals surface area contributed by atoms with Gasteiger partial charge in [0, 0.05) is 31.7 Å². The maximum absolute atomic E-state index is 10.6. The Hall–Kier alpha value is -2.83. The standard InChI is InChI=1S/C27H35N3O3/c1-4-5-11-22(31)18-30(21-12-13-21)19-25-26(20-9-7-6-8-10-20)28-29(2)27(25)33-24-16-14-23(32-3)15-17-24/h6-10,14-17,21-22,31H,4-5,11-13,18-19H2,1-3H3/t22-/m0/s1. The number of aromatic nitrogens is 2. The van der Waals surface area contributed by atoms with E-state index in [9.17, 15) is 5.11 Å². The van der Waals surface area contributed by atoms with Gasteiger partial charge < -0.3 is 14.6 Å². The van der Waals surface area contributed by atoms with E-state index in [2.05, 4.69) is 24.0 Å². The second-order valence-corrected chi connectivity index (χ2v) is 8.86. The topological polar surface area (TPSA) is 59.8 Å². The number of unbranched alkanes of at least 4 members (excludes halogenated alkanes) is 1. The Balaban J connectivity index is 1.65. The highest BCUT2D eigenvalue weighted by molar-refractivity contribution is 5.65. The van der Waals surface area contributed by atoms with Crippen molar-refractivity contribution in [2.75, 3.05) is 13.7 Å². The molecule has 6 nitrogen and oxygen atoms in total. The van der Waals surface area contributed by atoms with Crippen molar-refractivity contribution in [3.63, 3.8) is 0 Å². The van der Waals surface area contributed by atoms with Gasteiger partial charge in [-0.2, -0.15) is 5.10 Å². The smallest absolute Gasteiger partial charge is 0.222 e. The van der Waals surface area contributed by atoms with E-state index in [-0.39, 0.29) is 6.10 Å². The summed E-state index contributed by atoms with van der Waals surface area (Å²) in [4.78, 5) is 2.41. The van der Waals surface area contributed by atoms with E-state index in [1.807, 2.05) is 54.2 Å². The fourth-order valence-electron chi connectivity index (χ4n) is 4.19. The number of nitrogens with zero attached hydrogens (tertiary/aromatic N) is 3. The third-order valence-electron chi connectivity index (χ3n) is 6.17. The molecule has 33 heavy (non-hydrogen) atoms. The van der Waals surface area contributed by atoms with Crippen molar-refractivity contribution in [1.82, 2.24) is 14.7 Å². The van der Waals surface area contributed by atoms with E-state index >= 15 is 0 Å². The summed E-state index contributed by atoms with van der Waals surface area (Å²) in [5.74, 6) is 2.26. The van der Waals surface area contributed by atoms with Gasteiger partial charge >= 0.3 is 0 Å². The Morgan fingerprint density at radius 3 is 2.42 bits per heavy atom. The first-order valence-corrected chi connectivity index (χ1v) is 11.9. The molecular formula is C27H35N3O3. The number of methoxy groups -OCH3 is 1. The zero-order valence-corrected chi connectivity index (χ0v) is 19.9.